The summed E-state index contributed by atoms with van der Waals surface area (Å²) in [5.41, 5.74) is 0.975. The van der Waals surface area contributed by atoms with Crippen LogP contribution < -0.4 is 0 Å². The molecule has 7 heteroatoms. The molecule has 1 saturated heterocycles. The summed E-state index contributed by atoms with van der Waals surface area (Å²) in [5.74, 6) is 0.287. The largest absolute Gasteiger partial charge is 0.465 e. The molecule has 1 aromatic heterocycles. The monoisotopic (exact) mass is 406 g/mol. The summed E-state index contributed by atoms with van der Waals surface area (Å²) in [6.07, 6.45) is 1.73. The van der Waals surface area contributed by atoms with Crippen molar-refractivity contribution in [1.82, 2.24) is 4.90 Å². The van der Waals surface area contributed by atoms with Gasteiger partial charge in [-0.3, -0.25) is 0 Å². The first-order valence-electron chi connectivity index (χ1n) is 9.64. The highest BCUT2D eigenvalue weighted by Gasteiger charge is 2.32. The molecule has 0 radical (unpaired) electrons. The zero-order chi connectivity index (χ0) is 21.1. The van der Waals surface area contributed by atoms with E-state index in [9.17, 15) is 9.59 Å². The van der Waals surface area contributed by atoms with Crippen molar-refractivity contribution in [2.45, 2.75) is 65.4 Å². The third kappa shape index (κ3) is 5.05. The minimum atomic E-state index is -0.489. The van der Waals surface area contributed by atoms with Gasteiger partial charge in [0.05, 0.1) is 25.2 Å². The summed E-state index contributed by atoms with van der Waals surface area (Å²) in [6.45, 7) is 11.1. The Balaban J connectivity index is 2.11. The predicted molar refractivity (Wildman–Crippen MR) is 109 cm³/mol. The van der Waals surface area contributed by atoms with Gasteiger partial charge in [0, 0.05) is 22.8 Å². The molecule has 28 heavy (non-hydrogen) atoms. The van der Waals surface area contributed by atoms with Crippen LogP contribution in [0.3, 0.4) is 0 Å². The summed E-state index contributed by atoms with van der Waals surface area (Å²) in [5, 5.41) is 9.10. The number of hydrogen-bond donors (Lipinski definition) is 0. The van der Waals surface area contributed by atoms with Crippen LogP contribution in [0.15, 0.2) is 0 Å². The Morgan fingerprint density at radius 1 is 1.32 bits per heavy atom. The molecule has 1 amide bonds. The molecule has 2 heterocycles. The smallest absolute Gasteiger partial charge is 0.410 e. The number of nitrogens with zero attached hydrogens (tertiary/aromatic N) is 2. The van der Waals surface area contributed by atoms with Crippen LogP contribution in [0, 0.1) is 24.2 Å². The lowest BCUT2D eigenvalue weighted by atomic mass is 9.83. The lowest BCUT2D eigenvalue weighted by molar-refractivity contribution is 0.0176. The zero-order valence-corrected chi connectivity index (χ0v) is 18.4. The molecule has 154 valence electrons. The van der Waals surface area contributed by atoms with Gasteiger partial charge in [0.1, 0.15) is 5.60 Å². The fourth-order valence-electron chi connectivity index (χ4n) is 3.71. The number of piperidine rings is 1. The van der Waals surface area contributed by atoms with Crippen molar-refractivity contribution >= 4 is 23.4 Å². The van der Waals surface area contributed by atoms with E-state index in [0.29, 0.717) is 24.6 Å². The van der Waals surface area contributed by atoms with Gasteiger partial charge >= 0.3 is 12.1 Å². The van der Waals surface area contributed by atoms with Crippen molar-refractivity contribution in [2.24, 2.45) is 5.92 Å². The molecule has 0 saturated carbocycles. The molecule has 0 unspecified atom stereocenters. The van der Waals surface area contributed by atoms with Gasteiger partial charge in [-0.15, -0.1) is 11.3 Å². The van der Waals surface area contributed by atoms with Crippen molar-refractivity contribution in [3.63, 3.8) is 0 Å². The second-order valence-corrected chi connectivity index (χ2v) is 9.45. The maximum atomic E-state index is 12.3. The van der Waals surface area contributed by atoms with Crippen LogP contribution in [0.4, 0.5) is 4.79 Å². The fourth-order valence-corrected chi connectivity index (χ4v) is 5.09. The maximum Gasteiger partial charge on any atom is 0.410 e. The first-order chi connectivity index (χ1) is 13.1. The summed E-state index contributed by atoms with van der Waals surface area (Å²) >= 11 is 1.54. The van der Waals surface area contributed by atoms with Gasteiger partial charge in [-0.25, -0.2) is 9.59 Å². The third-order valence-corrected chi connectivity index (χ3v) is 6.69. The highest BCUT2D eigenvalue weighted by molar-refractivity contribution is 7.12. The van der Waals surface area contributed by atoms with Crippen LogP contribution in [-0.2, 0) is 15.9 Å². The second kappa shape index (κ2) is 8.95. The van der Waals surface area contributed by atoms with E-state index in [1.807, 2.05) is 27.7 Å². The Kier molecular flexibility index (Phi) is 7.11. The third-order valence-electron chi connectivity index (χ3n) is 5.20. The van der Waals surface area contributed by atoms with Gasteiger partial charge in [0.15, 0.2) is 0 Å². The molecule has 0 aliphatic carbocycles. The summed E-state index contributed by atoms with van der Waals surface area (Å²) in [7, 11) is 1.37. The number of carbonyl (C=O) groups is 2. The highest BCUT2D eigenvalue weighted by atomic mass is 32.1. The quantitative estimate of drug-likeness (QED) is 0.680. The number of amides is 1. The number of rotatable bonds is 4. The van der Waals surface area contributed by atoms with Crippen LogP contribution in [0.2, 0.25) is 0 Å². The first-order valence-corrected chi connectivity index (χ1v) is 10.5. The first kappa shape index (κ1) is 22.2. The Morgan fingerprint density at radius 3 is 2.43 bits per heavy atom. The fraction of sp³-hybridized carbons (Fsp3) is 0.667. The standard InChI is InChI=1S/C21H30N2O4S/c1-13(15-8-11-23(12-9-15)20(25)27-21(3,4)5)18-14(2)17(19(24)26-6)16(28-18)7-10-22/h13,15H,7-9,11-12H2,1-6H3/t13-/m1/s1. The van der Waals surface area contributed by atoms with E-state index in [-0.39, 0.29) is 24.4 Å². The van der Waals surface area contributed by atoms with Crippen molar-refractivity contribution < 1.29 is 19.1 Å². The Labute approximate surface area is 171 Å². The lowest BCUT2D eigenvalue weighted by Crippen LogP contribution is -2.42. The van der Waals surface area contributed by atoms with Gasteiger partial charge in [-0.2, -0.15) is 5.26 Å². The molecule has 0 N–H and O–H groups in total. The molecule has 2 rings (SSSR count). The lowest BCUT2D eigenvalue weighted by Gasteiger charge is -2.35. The molecule has 1 atom stereocenters. The molecule has 1 aliphatic rings. The minimum absolute atomic E-state index is 0.208. The zero-order valence-electron chi connectivity index (χ0n) is 17.6. The molecule has 0 bridgehead atoms. The Morgan fingerprint density at radius 2 is 1.93 bits per heavy atom. The van der Waals surface area contributed by atoms with Crippen molar-refractivity contribution in [3.05, 3.63) is 20.9 Å². The van der Waals surface area contributed by atoms with E-state index < -0.39 is 5.60 Å². The molecule has 1 aromatic rings. The number of methoxy groups -OCH3 is 1. The number of likely N-dealkylation sites (tertiary alicyclic amines) is 1. The minimum Gasteiger partial charge on any atom is -0.465 e. The van der Waals surface area contributed by atoms with E-state index in [4.69, 9.17) is 14.7 Å². The average molecular weight is 407 g/mol. The van der Waals surface area contributed by atoms with Crippen LogP contribution in [0.5, 0.6) is 0 Å². The maximum absolute atomic E-state index is 12.3. The Bertz CT molecular complexity index is 765. The summed E-state index contributed by atoms with van der Waals surface area (Å²) in [4.78, 5) is 28.1. The van der Waals surface area contributed by atoms with Crippen molar-refractivity contribution in [3.8, 4) is 6.07 Å². The van der Waals surface area contributed by atoms with Crippen molar-refractivity contribution in [2.75, 3.05) is 20.2 Å². The van der Waals surface area contributed by atoms with Gasteiger partial charge in [-0.1, -0.05) is 6.92 Å². The molecule has 0 spiro atoms. The number of carbonyl (C=O) groups excluding carboxylic acids is 2. The highest BCUT2D eigenvalue weighted by Crippen LogP contribution is 2.40. The normalized spacial score (nSPS) is 16.4. The number of hydrogen-bond acceptors (Lipinski definition) is 6. The van der Waals surface area contributed by atoms with E-state index in [2.05, 4.69) is 13.0 Å². The van der Waals surface area contributed by atoms with Crippen LogP contribution >= 0.6 is 11.3 Å². The van der Waals surface area contributed by atoms with Crippen LogP contribution in [0.1, 0.15) is 72.1 Å². The van der Waals surface area contributed by atoms with Gasteiger partial charge in [-0.05, 0) is 57.9 Å². The number of ether oxygens (including phenoxy) is 2. The summed E-state index contributed by atoms with van der Waals surface area (Å²) < 4.78 is 10.4. The number of thiophene rings is 1. The van der Waals surface area contributed by atoms with E-state index >= 15 is 0 Å². The van der Waals surface area contributed by atoms with Gasteiger partial charge < -0.3 is 14.4 Å². The Hall–Kier alpha value is -2.07. The van der Waals surface area contributed by atoms with Crippen LogP contribution in [0.25, 0.3) is 0 Å². The topological polar surface area (TPSA) is 79.6 Å². The molecule has 6 nitrogen and oxygen atoms in total. The van der Waals surface area contributed by atoms with E-state index in [1.165, 1.54) is 7.11 Å². The second-order valence-electron chi connectivity index (χ2n) is 8.31. The summed E-state index contributed by atoms with van der Waals surface area (Å²) in [6, 6.07) is 2.14. The number of esters is 1. The number of nitriles is 1. The SMILES string of the molecule is COC(=O)c1c(CC#N)sc([C@H](C)C2CCN(C(=O)OC(C)(C)C)CC2)c1C. The van der Waals surface area contributed by atoms with Gasteiger partial charge in [0.2, 0.25) is 0 Å². The molecule has 1 fully saturated rings. The molecular formula is C21H30N2O4S. The van der Waals surface area contributed by atoms with Crippen LogP contribution in [-0.4, -0.2) is 42.8 Å². The molecule has 1 aliphatic heterocycles. The molecule has 0 aromatic carbocycles. The molecular weight excluding hydrogens is 376 g/mol. The van der Waals surface area contributed by atoms with E-state index in [0.717, 1.165) is 28.2 Å². The van der Waals surface area contributed by atoms with E-state index in [1.54, 1.807) is 16.2 Å². The van der Waals surface area contributed by atoms with Crippen molar-refractivity contribution in [1.29, 1.82) is 5.26 Å². The van der Waals surface area contributed by atoms with Gasteiger partial charge in [0.25, 0.3) is 0 Å². The predicted octanol–water partition coefficient (Wildman–Crippen LogP) is 4.66. The average Bonchev–Trinajstić information content (AvgIpc) is 2.95.